The Morgan fingerprint density at radius 1 is 0.545 bits per heavy atom. The molecule has 0 unspecified atom stereocenters. The topological polar surface area (TPSA) is 52.0 Å². The molecule has 0 heterocycles. The van der Waals surface area contributed by atoms with Crippen molar-refractivity contribution in [1.82, 2.24) is 0 Å². The van der Waals surface area contributed by atoms with E-state index in [1.807, 2.05) is 0 Å². The summed E-state index contributed by atoms with van der Waals surface area (Å²) >= 11 is 0. The van der Waals surface area contributed by atoms with Gasteiger partial charge in [0.1, 0.15) is 0 Å². The molecule has 1 fully saturated rings. The zero-order chi connectivity index (χ0) is 8.36. The Bertz CT molecular complexity index is 40.6. The van der Waals surface area contributed by atoms with E-state index in [0.29, 0.717) is 0 Å². The molecule has 0 aliphatic heterocycles. The first-order valence-corrected chi connectivity index (χ1v) is 4.82. The average molecular weight is 158 g/mol. The Morgan fingerprint density at radius 2 is 0.636 bits per heavy atom. The first kappa shape index (κ1) is 10.9. The van der Waals surface area contributed by atoms with Gasteiger partial charge in [0.25, 0.3) is 0 Å². The van der Waals surface area contributed by atoms with E-state index >= 15 is 0 Å². The van der Waals surface area contributed by atoms with Crippen LogP contribution in [0.15, 0.2) is 0 Å². The third-order valence-electron chi connectivity index (χ3n) is 2.00. The first-order chi connectivity index (χ1) is 5.41. The Hall–Kier alpha value is -0.0800. The predicted octanol–water partition coefficient (Wildman–Crippen LogP) is 1.98. The summed E-state index contributed by atoms with van der Waals surface area (Å²) in [7, 11) is 0. The molecule has 1 aliphatic rings. The van der Waals surface area contributed by atoms with E-state index < -0.39 is 0 Å². The number of rotatable bonds is 0. The summed E-state index contributed by atoms with van der Waals surface area (Å²) in [6.07, 6.45) is 12.0. The second-order valence-electron chi connectivity index (χ2n) is 3.06. The fourth-order valence-electron chi connectivity index (χ4n) is 1.41. The van der Waals surface area contributed by atoms with Crippen LogP contribution in [0.4, 0.5) is 0 Å². The van der Waals surface area contributed by atoms with Gasteiger partial charge >= 0.3 is 0 Å². The zero-order valence-corrected chi connectivity index (χ0v) is 7.52. The van der Waals surface area contributed by atoms with Gasteiger partial charge in [0.15, 0.2) is 0 Å². The molecule has 0 saturated heterocycles. The molecule has 2 nitrogen and oxygen atoms in total. The van der Waals surface area contributed by atoms with Crippen molar-refractivity contribution in [2.75, 3.05) is 6.67 Å². The fraction of sp³-hybridized carbons (Fsp3) is 1.00. The maximum absolute atomic E-state index is 4.62. The van der Waals surface area contributed by atoms with Crippen molar-refractivity contribution in [2.24, 2.45) is 11.5 Å². The van der Waals surface area contributed by atoms with Crippen molar-refractivity contribution in [3.8, 4) is 0 Å². The molecule has 68 valence electrons. The maximum Gasteiger partial charge on any atom is 0.0403 e. The molecule has 0 bridgehead atoms. The third kappa shape index (κ3) is 9.92. The highest BCUT2D eigenvalue weighted by Gasteiger charge is 1.95. The molecular weight excluding hydrogens is 136 g/mol. The summed E-state index contributed by atoms with van der Waals surface area (Å²) in [5, 5.41) is 0. The molecule has 0 spiro atoms. The van der Waals surface area contributed by atoms with Gasteiger partial charge in [0.2, 0.25) is 0 Å². The summed E-state index contributed by atoms with van der Waals surface area (Å²) in [6, 6.07) is 0. The Kier molecular flexibility index (Phi) is 9.85. The van der Waals surface area contributed by atoms with Crippen molar-refractivity contribution >= 4 is 0 Å². The molecule has 0 aromatic rings. The van der Waals surface area contributed by atoms with Gasteiger partial charge in [0.05, 0.1) is 0 Å². The Morgan fingerprint density at radius 3 is 0.727 bits per heavy atom. The second-order valence-corrected chi connectivity index (χ2v) is 3.06. The largest absolute Gasteiger partial charge is 0.319 e. The van der Waals surface area contributed by atoms with Crippen LogP contribution < -0.4 is 11.5 Å². The molecule has 0 amide bonds. The summed E-state index contributed by atoms with van der Waals surface area (Å²) in [4.78, 5) is 0. The molecule has 0 radical (unpaired) electrons. The third-order valence-corrected chi connectivity index (χ3v) is 2.00. The highest BCUT2D eigenvalue weighted by atomic mass is 14.7. The quantitative estimate of drug-likeness (QED) is 0.530. The van der Waals surface area contributed by atoms with Crippen LogP contribution in [0.5, 0.6) is 0 Å². The van der Waals surface area contributed by atoms with E-state index in [9.17, 15) is 0 Å². The van der Waals surface area contributed by atoms with Crippen LogP contribution in [0.3, 0.4) is 0 Å². The molecule has 0 aromatic carbocycles. The van der Waals surface area contributed by atoms with Crippen LogP contribution in [0.25, 0.3) is 0 Å². The molecule has 4 N–H and O–H groups in total. The summed E-state index contributed by atoms with van der Waals surface area (Å²) in [5.41, 5.74) is 9.25. The van der Waals surface area contributed by atoms with E-state index in [1.54, 1.807) is 0 Å². The lowest BCUT2D eigenvalue weighted by molar-refractivity contribution is 0.504. The first-order valence-electron chi connectivity index (χ1n) is 4.82. The van der Waals surface area contributed by atoms with Crippen molar-refractivity contribution in [1.29, 1.82) is 0 Å². The molecule has 11 heavy (non-hydrogen) atoms. The molecule has 1 saturated carbocycles. The predicted molar refractivity (Wildman–Crippen MR) is 50.2 cm³/mol. The summed E-state index contributed by atoms with van der Waals surface area (Å²) in [6.45, 7) is 0.250. The van der Waals surface area contributed by atoms with E-state index in [0.717, 1.165) is 0 Å². The minimum absolute atomic E-state index is 0.250. The number of nitrogens with two attached hydrogens (primary N) is 2. The van der Waals surface area contributed by atoms with Crippen molar-refractivity contribution in [2.45, 2.75) is 51.4 Å². The van der Waals surface area contributed by atoms with Crippen LogP contribution in [0.2, 0.25) is 0 Å². The monoisotopic (exact) mass is 158 g/mol. The lowest BCUT2D eigenvalue weighted by atomic mass is 10.0. The molecule has 1 aliphatic carbocycles. The average Bonchev–Trinajstić information content (AvgIpc) is 1.86. The maximum atomic E-state index is 4.62. The molecule has 1 rings (SSSR count). The van der Waals surface area contributed by atoms with Gasteiger partial charge in [-0.15, -0.1) is 0 Å². The van der Waals surface area contributed by atoms with Crippen LogP contribution in [-0.2, 0) is 0 Å². The number of hydrogen-bond acceptors (Lipinski definition) is 2. The lowest BCUT2D eigenvalue weighted by Gasteiger charge is -2.05. The lowest BCUT2D eigenvalue weighted by Crippen LogP contribution is -2.08. The molecule has 2 heteroatoms. The van der Waals surface area contributed by atoms with E-state index in [-0.39, 0.29) is 6.67 Å². The normalized spacial score (nSPS) is 19.1. The van der Waals surface area contributed by atoms with Gasteiger partial charge in [0, 0.05) is 6.67 Å². The highest BCUT2D eigenvalue weighted by Crippen LogP contribution is 2.15. The van der Waals surface area contributed by atoms with Crippen molar-refractivity contribution in [3.05, 3.63) is 0 Å². The zero-order valence-electron chi connectivity index (χ0n) is 7.52. The van der Waals surface area contributed by atoms with E-state index in [4.69, 9.17) is 0 Å². The summed E-state index contributed by atoms with van der Waals surface area (Å²) in [5.74, 6) is 0. The molecule has 0 aromatic heterocycles. The highest BCUT2D eigenvalue weighted by molar-refractivity contribution is 4.51. The van der Waals surface area contributed by atoms with Gasteiger partial charge in [-0.25, -0.2) is 0 Å². The SMILES string of the molecule is C1CCCCCCC1.NCN. The second kappa shape index (κ2) is 9.92. The molecular formula is C9H22N2. The number of hydrogen-bond donors (Lipinski definition) is 2. The van der Waals surface area contributed by atoms with Gasteiger partial charge in [-0.1, -0.05) is 51.4 Å². The van der Waals surface area contributed by atoms with Gasteiger partial charge < -0.3 is 11.5 Å². The summed E-state index contributed by atoms with van der Waals surface area (Å²) < 4.78 is 0. The Balaban J connectivity index is 0.000000292. The minimum Gasteiger partial charge on any atom is -0.319 e. The van der Waals surface area contributed by atoms with Crippen molar-refractivity contribution < 1.29 is 0 Å². The van der Waals surface area contributed by atoms with Crippen LogP contribution >= 0.6 is 0 Å². The van der Waals surface area contributed by atoms with Crippen LogP contribution in [0, 0.1) is 0 Å². The van der Waals surface area contributed by atoms with Crippen LogP contribution in [-0.4, -0.2) is 6.67 Å². The minimum atomic E-state index is 0.250. The van der Waals surface area contributed by atoms with Gasteiger partial charge in [-0.2, -0.15) is 0 Å². The van der Waals surface area contributed by atoms with E-state index in [2.05, 4.69) is 11.5 Å². The smallest absolute Gasteiger partial charge is 0.0403 e. The standard InChI is InChI=1S/C8H16.CH6N2/c1-2-4-6-8-7-5-3-1;2-1-3/h1-8H2;1-3H2. The molecule has 0 atom stereocenters. The Labute approximate surface area is 70.3 Å². The fourth-order valence-corrected chi connectivity index (χ4v) is 1.41. The van der Waals surface area contributed by atoms with Gasteiger partial charge in [-0.3, -0.25) is 0 Å². The van der Waals surface area contributed by atoms with E-state index in [1.165, 1.54) is 51.4 Å². The van der Waals surface area contributed by atoms with Crippen LogP contribution in [0.1, 0.15) is 51.4 Å². The van der Waals surface area contributed by atoms with Gasteiger partial charge in [-0.05, 0) is 0 Å². The van der Waals surface area contributed by atoms with Crippen molar-refractivity contribution in [3.63, 3.8) is 0 Å².